The van der Waals surface area contributed by atoms with Crippen molar-refractivity contribution in [2.45, 2.75) is 25.3 Å². The van der Waals surface area contributed by atoms with Crippen LogP contribution in [-0.2, 0) is 0 Å². The Kier molecular flexibility index (Phi) is 3.01. The van der Waals surface area contributed by atoms with Gasteiger partial charge in [-0.1, -0.05) is 0 Å². The number of hydrogen-bond acceptors (Lipinski definition) is 5. The maximum absolute atomic E-state index is 9.03. The van der Waals surface area contributed by atoms with Gasteiger partial charge in [-0.05, 0) is 19.3 Å². The minimum absolute atomic E-state index is 0.118. The van der Waals surface area contributed by atoms with Gasteiger partial charge in [0.25, 0.3) is 0 Å². The first-order valence-corrected chi connectivity index (χ1v) is 5.27. The summed E-state index contributed by atoms with van der Waals surface area (Å²) in [5, 5.41) is 9.03. The van der Waals surface area contributed by atoms with Gasteiger partial charge in [0.2, 0.25) is 0 Å². The number of nitrogen functional groups attached to an aromatic ring is 1. The highest BCUT2D eigenvalue weighted by atomic mass is 16.3. The smallest absolute Gasteiger partial charge is 0.171 e. The third-order valence-corrected chi connectivity index (χ3v) is 2.83. The fourth-order valence-corrected chi connectivity index (χ4v) is 1.83. The number of aliphatic hydroxyl groups is 1. The largest absolute Gasteiger partial charge is 0.395 e. The van der Waals surface area contributed by atoms with Crippen molar-refractivity contribution < 1.29 is 5.11 Å². The lowest BCUT2D eigenvalue weighted by Gasteiger charge is -2.38. The first-order valence-electron chi connectivity index (χ1n) is 5.27. The fourth-order valence-electron chi connectivity index (χ4n) is 1.83. The highest BCUT2D eigenvalue weighted by molar-refractivity contribution is 5.58. The number of aromatic nitrogens is 2. The van der Waals surface area contributed by atoms with Crippen LogP contribution in [0.3, 0.4) is 0 Å². The van der Waals surface area contributed by atoms with Crippen LogP contribution in [-0.4, -0.2) is 34.3 Å². The molecule has 0 unspecified atom stereocenters. The number of nitrogens with zero attached hydrogens (tertiary/aromatic N) is 3. The van der Waals surface area contributed by atoms with Gasteiger partial charge in [0, 0.05) is 25.0 Å². The summed E-state index contributed by atoms with van der Waals surface area (Å²) in [4.78, 5) is 10.3. The molecule has 0 aromatic carbocycles. The molecule has 5 heteroatoms. The summed E-state index contributed by atoms with van der Waals surface area (Å²) in [7, 11) is 0. The maximum Gasteiger partial charge on any atom is 0.171 e. The molecule has 15 heavy (non-hydrogen) atoms. The second kappa shape index (κ2) is 4.44. The molecule has 0 amide bonds. The van der Waals surface area contributed by atoms with Crippen LogP contribution < -0.4 is 10.6 Å². The van der Waals surface area contributed by atoms with Gasteiger partial charge in [-0.15, -0.1) is 0 Å². The summed E-state index contributed by atoms with van der Waals surface area (Å²) >= 11 is 0. The van der Waals surface area contributed by atoms with Crippen LogP contribution in [0.15, 0.2) is 12.4 Å². The van der Waals surface area contributed by atoms with Crippen molar-refractivity contribution >= 4 is 11.6 Å². The predicted molar refractivity (Wildman–Crippen MR) is 58.5 cm³/mol. The van der Waals surface area contributed by atoms with Crippen molar-refractivity contribution in [2.24, 2.45) is 0 Å². The molecule has 0 aliphatic heterocycles. The van der Waals surface area contributed by atoms with E-state index in [1.807, 2.05) is 0 Å². The third-order valence-electron chi connectivity index (χ3n) is 2.83. The van der Waals surface area contributed by atoms with Crippen LogP contribution in [0.25, 0.3) is 0 Å². The van der Waals surface area contributed by atoms with E-state index in [-0.39, 0.29) is 6.61 Å². The maximum atomic E-state index is 9.03. The molecule has 1 aromatic rings. The molecule has 82 valence electrons. The molecule has 0 atom stereocenters. The van der Waals surface area contributed by atoms with E-state index in [4.69, 9.17) is 10.8 Å². The average molecular weight is 208 g/mol. The summed E-state index contributed by atoms with van der Waals surface area (Å²) in [6.45, 7) is 0.695. The lowest BCUT2D eigenvalue weighted by atomic mass is 9.91. The molecule has 0 saturated heterocycles. The Morgan fingerprint density at radius 2 is 2.13 bits per heavy atom. The van der Waals surface area contributed by atoms with Crippen LogP contribution in [0.5, 0.6) is 0 Å². The van der Waals surface area contributed by atoms with E-state index in [9.17, 15) is 0 Å². The van der Waals surface area contributed by atoms with E-state index >= 15 is 0 Å². The Morgan fingerprint density at radius 3 is 2.67 bits per heavy atom. The number of rotatable bonds is 4. The van der Waals surface area contributed by atoms with Crippen molar-refractivity contribution in [3.63, 3.8) is 0 Å². The first-order chi connectivity index (χ1) is 7.33. The first kappa shape index (κ1) is 10.2. The van der Waals surface area contributed by atoms with Crippen molar-refractivity contribution in [1.82, 2.24) is 9.97 Å². The van der Waals surface area contributed by atoms with E-state index < -0.39 is 0 Å². The number of aliphatic hydroxyl groups excluding tert-OH is 1. The van der Waals surface area contributed by atoms with Gasteiger partial charge in [0.05, 0.1) is 6.61 Å². The molecule has 0 radical (unpaired) electrons. The highest BCUT2D eigenvalue weighted by Gasteiger charge is 2.26. The van der Waals surface area contributed by atoms with Gasteiger partial charge in [-0.3, -0.25) is 0 Å². The van der Waals surface area contributed by atoms with Gasteiger partial charge in [-0.25, -0.2) is 9.97 Å². The van der Waals surface area contributed by atoms with E-state index in [1.165, 1.54) is 6.42 Å². The Hall–Kier alpha value is -1.36. The van der Waals surface area contributed by atoms with Gasteiger partial charge in [0.1, 0.15) is 0 Å². The normalized spacial score (nSPS) is 16.1. The number of nitrogens with two attached hydrogens (primary N) is 1. The summed E-state index contributed by atoms with van der Waals surface area (Å²) in [6, 6.07) is 0.469. The monoisotopic (exact) mass is 208 g/mol. The quantitative estimate of drug-likeness (QED) is 0.749. The Bertz CT molecular complexity index is 327. The number of anilines is 2. The SMILES string of the molecule is Nc1nccnc1N(CCO)C1CCC1. The highest BCUT2D eigenvalue weighted by Crippen LogP contribution is 2.29. The Morgan fingerprint density at radius 1 is 1.40 bits per heavy atom. The molecule has 5 nitrogen and oxygen atoms in total. The molecule has 1 fully saturated rings. The molecule has 1 aromatic heterocycles. The minimum atomic E-state index is 0.118. The van der Waals surface area contributed by atoms with Crippen molar-refractivity contribution in [2.75, 3.05) is 23.8 Å². The molecule has 3 N–H and O–H groups in total. The zero-order valence-corrected chi connectivity index (χ0v) is 8.63. The zero-order chi connectivity index (χ0) is 10.7. The van der Waals surface area contributed by atoms with E-state index in [1.54, 1.807) is 12.4 Å². The molecule has 0 spiro atoms. The van der Waals surface area contributed by atoms with Crippen LogP contribution in [0.2, 0.25) is 0 Å². The second-order valence-electron chi connectivity index (χ2n) is 3.77. The molecular weight excluding hydrogens is 192 g/mol. The van der Waals surface area contributed by atoms with Crippen LogP contribution >= 0.6 is 0 Å². The van der Waals surface area contributed by atoms with Crippen molar-refractivity contribution in [3.05, 3.63) is 12.4 Å². The topological polar surface area (TPSA) is 75.3 Å². The number of hydrogen-bond donors (Lipinski definition) is 2. The summed E-state index contributed by atoms with van der Waals surface area (Å²) in [5.74, 6) is 1.15. The van der Waals surface area contributed by atoms with Crippen LogP contribution in [0.4, 0.5) is 11.6 Å². The lowest BCUT2D eigenvalue weighted by molar-refractivity contribution is 0.283. The lowest BCUT2D eigenvalue weighted by Crippen LogP contribution is -2.42. The molecule has 2 rings (SSSR count). The average Bonchev–Trinajstić information content (AvgIpc) is 2.15. The Balaban J connectivity index is 2.19. The van der Waals surface area contributed by atoms with Gasteiger partial charge in [-0.2, -0.15) is 0 Å². The van der Waals surface area contributed by atoms with E-state index in [0.717, 1.165) is 12.8 Å². The van der Waals surface area contributed by atoms with Crippen molar-refractivity contribution in [1.29, 1.82) is 0 Å². The standard InChI is InChI=1S/C10H16N4O/c11-9-10(13-5-4-12-9)14(6-7-15)8-2-1-3-8/h4-5,8,15H,1-3,6-7H2,(H2,11,12). The zero-order valence-electron chi connectivity index (χ0n) is 8.63. The predicted octanol–water partition coefficient (Wildman–Crippen LogP) is 0.410. The van der Waals surface area contributed by atoms with Gasteiger partial charge < -0.3 is 15.7 Å². The molecular formula is C10H16N4O. The third kappa shape index (κ3) is 2.02. The summed E-state index contributed by atoms with van der Waals surface area (Å²) in [6.07, 6.45) is 6.75. The molecule has 1 aliphatic rings. The summed E-state index contributed by atoms with van der Waals surface area (Å²) < 4.78 is 0. The van der Waals surface area contributed by atoms with E-state index in [0.29, 0.717) is 24.2 Å². The van der Waals surface area contributed by atoms with E-state index in [2.05, 4.69) is 14.9 Å². The molecule has 1 aliphatic carbocycles. The minimum Gasteiger partial charge on any atom is -0.395 e. The van der Waals surface area contributed by atoms with Gasteiger partial charge in [0.15, 0.2) is 11.6 Å². The van der Waals surface area contributed by atoms with Gasteiger partial charge >= 0.3 is 0 Å². The molecule has 1 heterocycles. The van der Waals surface area contributed by atoms with Crippen LogP contribution in [0, 0.1) is 0 Å². The Labute approximate surface area is 88.9 Å². The van der Waals surface area contributed by atoms with Crippen LogP contribution in [0.1, 0.15) is 19.3 Å². The summed E-state index contributed by atoms with van der Waals surface area (Å²) in [5.41, 5.74) is 5.77. The molecule has 1 saturated carbocycles. The molecule has 0 bridgehead atoms. The fraction of sp³-hybridized carbons (Fsp3) is 0.600. The van der Waals surface area contributed by atoms with Crippen molar-refractivity contribution in [3.8, 4) is 0 Å². The second-order valence-corrected chi connectivity index (χ2v) is 3.77.